The van der Waals surface area contributed by atoms with Crippen molar-refractivity contribution in [1.29, 1.82) is 0 Å². The molecule has 0 saturated carbocycles. The van der Waals surface area contributed by atoms with E-state index in [2.05, 4.69) is 14.6 Å². The van der Waals surface area contributed by atoms with E-state index in [4.69, 9.17) is 5.73 Å². The van der Waals surface area contributed by atoms with Crippen LogP contribution in [0.5, 0.6) is 0 Å². The third-order valence-electron chi connectivity index (χ3n) is 1.30. The average Bonchev–Trinajstić information content (AvgIpc) is 2.10. The lowest BCUT2D eigenvalue weighted by Crippen LogP contribution is -2.35. The van der Waals surface area contributed by atoms with E-state index in [-0.39, 0.29) is 0 Å². The molecule has 5 nitrogen and oxygen atoms in total. The molecule has 0 unspecified atom stereocenters. The first-order valence-electron chi connectivity index (χ1n) is 3.63. The Kier molecular flexibility index (Phi) is 6.74. The highest BCUT2D eigenvalue weighted by atomic mass is 16.5. The molecule has 0 heterocycles. The van der Waals surface area contributed by atoms with Gasteiger partial charge < -0.3 is 20.4 Å². The quantitative estimate of drug-likeness (QED) is 0.295. The molecule has 1 radical (unpaired) electrons. The minimum absolute atomic E-state index is 0.394. The summed E-state index contributed by atoms with van der Waals surface area (Å²) in [5.74, 6) is -0.394. The van der Waals surface area contributed by atoms with Gasteiger partial charge in [0.2, 0.25) is 0 Å². The number of nitrogens with one attached hydrogen (secondary N) is 1. The molecule has 0 saturated heterocycles. The minimum atomic E-state index is -0.562. The maximum absolute atomic E-state index is 10.8. The van der Waals surface area contributed by atoms with Crippen molar-refractivity contribution in [2.45, 2.75) is 12.5 Å². The molecule has 6 heteroatoms. The molecule has 0 fully saturated rings. The molecule has 0 aromatic heterocycles. The van der Waals surface area contributed by atoms with Crippen LogP contribution in [0.2, 0.25) is 0 Å². The number of ether oxygens (including phenoxy) is 1. The summed E-state index contributed by atoms with van der Waals surface area (Å²) in [6, 6.07) is -0.562. The molecule has 0 amide bonds. The van der Waals surface area contributed by atoms with Crippen LogP contribution in [0.25, 0.3) is 0 Å². The molecule has 0 bridgehead atoms. The fourth-order valence-corrected chi connectivity index (χ4v) is 0.650. The van der Waals surface area contributed by atoms with Gasteiger partial charge in [0.1, 0.15) is 6.04 Å². The predicted molar refractivity (Wildman–Crippen MR) is 45.4 cm³/mol. The number of hydrogen-bond donors (Lipinski definition) is 2. The third-order valence-corrected chi connectivity index (χ3v) is 1.30. The first-order valence-corrected chi connectivity index (χ1v) is 3.63. The molecule has 0 aliphatic rings. The summed E-state index contributed by atoms with van der Waals surface area (Å²) in [5, 5.41) is 2.81. The van der Waals surface area contributed by atoms with Gasteiger partial charge >= 0.3 is 13.6 Å². The van der Waals surface area contributed by atoms with Gasteiger partial charge in [0.15, 0.2) is 0 Å². The lowest BCUT2D eigenvalue weighted by Gasteiger charge is -2.08. The minimum Gasteiger partial charge on any atom is -0.468 e. The van der Waals surface area contributed by atoms with Gasteiger partial charge in [-0.2, -0.15) is 0 Å². The van der Waals surface area contributed by atoms with Crippen LogP contribution < -0.4 is 11.0 Å². The van der Waals surface area contributed by atoms with E-state index in [0.29, 0.717) is 13.0 Å². The predicted octanol–water partition coefficient (Wildman–Crippen LogP) is -1.35. The number of esters is 1. The lowest BCUT2D eigenvalue weighted by atomic mass is 10.2. The summed E-state index contributed by atoms with van der Waals surface area (Å²) in [7, 11) is 4.29. The zero-order chi connectivity index (χ0) is 9.40. The Hall–Kier alpha value is -0.585. The van der Waals surface area contributed by atoms with E-state index in [1.165, 1.54) is 21.8 Å². The average molecular weight is 173 g/mol. The van der Waals surface area contributed by atoms with Gasteiger partial charge in [0, 0.05) is 7.11 Å². The SMILES string of the molecule is CO[B]NCC[C@H](N)C(=O)OC. The molecule has 0 rings (SSSR count). The fourth-order valence-electron chi connectivity index (χ4n) is 0.650. The van der Waals surface area contributed by atoms with Crippen LogP contribution in [-0.2, 0) is 14.2 Å². The number of methoxy groups -OCH3 is 1. The van der Waals surface area contributed by atoms with Gasteiger partial charge in [-0.1, -0.05) is 0 Å². The van der Waals surface area contributed by atoms with Crippen molar-refractivity contribution < 1.29 is 14.2 Å². The summed E-state index contributed by atoms with van der Waals surface area (Å²) in [6.45, 7) is 0.587. The monoisotopic (exact) mass is 173 g/mol. The molecule has 1 atom stereocenters. The summed E-state index contributed by atoms with van der Waals surface area (Å²) in [6.07, 6.45) is 0.520. The van der Waals surface area contributed by atoms with Crippen LogP contribution in [0, 0.1) is 0 Å². The highest BCUT2D eigenvalue weighted by molar-refractivity contribution is 6.23. The van der Waals surface area contributed by atoms with Crippen molar-refractivity contribution in [1.82, 2.24) is 5.23 Å². The molecule has 0 spiro atoms. The molecule has 0 aliphatic heterocycles. The van der Waals surface area contributed by atoms with Gasteiger partial charge in [-0.05, 0) is 13.0 Å². The molecular weight excluding hydrogens is 159 g/mol. The summed E-state index contributed by atoms with van der Waals surface area (Å²) in [5.41, 5.74) is 5.44. The second-order valence-electron chi connectivity index (χ2n) is 2.23. The van der Waals surface area contributed by atoms with E-state index < -0.39 is 12.0 Å². The largest absolute Gasteiger partial charge is 0.468 e. The summed E-state index contributed by atoms with van der Waals surface area (Å²) >= 11 is 0. The Morgan fingerprint density at radius 2 is 2.33 bits per heavy atom. The van der Waals surface area contributed by atoms with Crippen LogP contribution in [0.3, 0.4) is 0 Å². The molecular formula is C6H14BN2O3. The van der Waals surface area contributed by atoms with Gasteiger partial charge in [0.05, 0.1) is 7.11 Å². The Balaban J connectivity index is 3.31. The number of rotatable bonds is 6. The van der Waals surface area contributed by atoms with E-state index >= 15 is 0 Å². The second kappa shape index (κ2) is 7.09. The van der Waals surface area contributed by atoms with Gasteiger partial charge in [-0.15, -0.1) is 0 Å². The highest BCUT2D eigenvalue weighted by Gasteiger charge is 2.12. The molecule has 69 valence electrons. The van der Waals surface area contributed by atoms with Crippen molar-refractivity contribution in [2.24, 2.45) is 5.73 Å². The van der Waals surface area contributed by atoms with Crippen molar-refractivity contribution in [3.8, 4) is 0 Å². The van der Waals surface area contributed by atoms with E-state index in [0.717, 1.165) is 0 Å². The maximum atomic E-state index is 10.8. The van der Waals surface area contributed by atoms with Gasteiger partial charge in [0.25, 0.3) is 0 Å². The van der Waals surface area contributed by atoms with E-state index in [1.807, 2.05) is 0 Å². The number of carbonyl (C=O) groups is 1. The molecule has 3 N–H and O–H groups in total. The summed E-state index contributed by atoms with van der Waals surface area (Å²) < 4.78 is 9.05. The van der Waals surface area contributed by atoms with E-state index in [9.17, 15) is 4.79 Å². The fraction of sp³-hybridized carbons (Fsp3) is 0.833. The molecule has 0 aliphatic carbocycles. The van der Waals surface area contributed by atoms with Gasteiger partial charge in [-0.25, -0.2) is 0 Å². The lowest BCUT2D eigenvalue weighted by molar-refractivity contribution is -0.142. The number of nitrogens with two attached hydrogens (primary N) is 1. The Morgan fingerprint density at radius 3 is 2.83 bits per heavy atom. The highest BCUT2D eigenvalue weighted by Crippen LogP contribution is 1.88. The Morgan fingerprint density at radius 1 is 1.67 bits per heavy atom. The van der Waals surface area contributed by atoms with Gasteiger partial charge in [-0.3, -0.25) is 4.79 Å². The smallest absolute Gasteiger partial charge is 0.395 e. The van der Waals surface area contributed by atoms with Crippen LogP contribution in [0.1, 0.15) is 6.42 Å². The van der Waals surface area contributed by atoms with Crippen LogP contribution in [0.4, 0.5) is 0 Å². The normalized spacial score (nSPS) is 12.2. The zero-order valence-corrected chi connectivity index (χ0v) is 7.37. The third kappa shape index (κ3) is 5.12. The number of hydrogen-bond acceptors (Lipinski definition) is 5. The maximum Gasteiger partial charge on any atom is 0.395 e. The molecule has 12 heavy (non-hydrogen) atoms. The Labute approximate surface area is 72.9 Å². The first-order chi connectivity index (χ1) is 5.72. The van der Waals surface area contributed by atoms with Crippen molar-refractivity contribution in [3.05, 3.63) is 0 Å². The van der Waals surface area contributed by atoms with Crippen LogP contribution in [-0.4, -0.2) is 40.4 Å². The molecule has 0 aromatic carbocycles. The van der Waals surface area contributed by atoms with E-state index in [1.54, 1.807) is 0 Å². The molecule has 0 aromatic rings. The topological polar surface area (TPSA) is 73.6 Å². The second-order valence-corrected chi connectivity index (χ2v) is 2.23. The Bertz CT molecular complexity index is 134. The van der Waals surface area contributed by atoms with Crippen molar-refractivity contribution in [2.75, 3.05) is 20.8 Å². The summed E-state index contributed by atoms with van der Waals surface area (Å²) in [4.78, 5) is 10.8. The first kappa shape index (κ1) is 11.4. The zero-order valence-electron chi connectivity index (χ0n) is 7.37. The van der Waals surface area contributed by atoms with Crippen molar-refractivity contribution >= 4 is 13.6 Å². The van der Waals surface area contributed by atoms with Crippen LogP contribution in [0.15, 0.2) is 0 Å². The number of carbonyl (C=O) groups excluding carboxylic acids is 1. The standard InChI is InChI=1S/C6H14BN2O3/c1-11-6(10)5(8)3-4-9-7-12-2/h5,9H,3-4,8H2,1-2H3/t5-/m0/s1. The van der Waals surface area contributed by atoms with Crippen molar-refractivity contribution in [3.63, 3.8) is 0 Å². The van der Waals surface area contributed by atoms with Crippen LogP contribution >= 0.6 is 0 Å².